The summed E-state index contributed by atoms with van der Waals surface area (Å²) in [5.74, 6) is 2.17. The molecule has 0 unspecified atom stereocenters. The molecule has 0 heterocycles. The lowest BCUT2D eigenvalue weighted by atomic mass is 9.92. The van der Waals surface area contributed by atoms with E-state index in [9.17, 15) is 0 Å². The number of aliphatic imine (C=N–C) groups is 1. The van der Waals surface area contributed by atoms with Crippen molar-refractivity contribution in [1.82, 2.24) is 10.6 Å². The van der Waals surface area contributed by atoms with Crippen LogP contribution in [0.3, 0.4) is 0 Å². The summed E-state index contributed by atoms with van der Waals surface area (Å²) in [5.41, 5.74) is 3.22. The van der Waals surface area contributed by atoms with E-state index < -0.39 is 0 Å². The summed E-state index contributed by atoms with van der Waals surface area (Å²) < 4.78 is 0. The Morgan fingerprint density at radius 2 is 2.00 bits per heavy atom. The second kappa shape index (κ2) is 8.47. The summed E-state index contributed by atoms with van der Waals surface area (Å²) in [6.07, 6.45) is 7.17. The Hall–Kier alpha value is -1.16. The lowest BCUT2D eigenvalue weighted by Gasteiger charge is -2.20. The Morgan fingerprint density at radius 3 is 2.64 bits per heavy atom. The predicted octanol–water partition coefficient (Wildman–Crippen LogP) is 3.33. The first-order valence-corrected chi connectivity index (χ1v) is 9.61. The average molecular weight is 320 g/mol. The Morgan fingerprint density at radius 1 is 1.23 bits per heavy atom. The molecule has 1 aliphatic rings. The fraction of sp³-hybridized carbons (Fsp3) is 0.611. The van der Waals surface area contributed by atoms with Crippen LogP contribution < -0.4 is 10.6 Å². The molecule has 3 nitrogen and oxygen atoms in total. The second-order valence-corrected chi connectivity index (χ2v) is 7.13. The summed E-state index contributed by atoms with van der Waals surface area (Å²) in [7, 11) is 1.85. The van der Waals surface area contributed by atoms with Gasteiger partial charge in [-0.2, -0.15) is 11.8 Å². The van der Waals surface area contributed by atoms with Crippen molar-refractivity contribution >= 4 is 17.7 Å². The molecule has 1 aliphatic carbocycles. The largest absolute Gasteiger partial charge is 0.356 e. The first-order valence-electron chi connectivity index (χ1n) is 8.21. The summed E-state index contributed by atoms with van der Waals surface area (Å²) in [6.45, 7) is 4.19. The van der Waals surface area contributed by atoms with Gasteiger partial charge in [-0.1, -0.05) is 24.3 Å². The van der Waals surface area contributed by atoms with E-state index in [0.29, 0.717) is 5.41 Å². The molecule has 0 aliphatic heterocycles. The van der Waals surface area contributed by atoms with Crippen LogP contribution in [0.1, 0.15) is 36.8 Å². The van der Waals surface area contributed by atoms with E-state index in [-0.39, 0.29) is 0 Å². The van der Waals surface area contributed by atoms with Gasteiger partial charge in [-0.25, -0.2) is 0 Å². The molecular formula is C18H29N3S. The topological polar surface area (TPSA) is 36.4 Å². The number of aryl methyl sites for hydroxylation is 1. The standard InChI is InChI=1S/C18H29N3S/c1-15-8-4-5-9-16(15)18(10-11-18)14-21-17(19-2)20-12-6-7-13-22-3/h4-5,8-9H,6-7,10-14H2,1-3H3,(H2,19,20,21). The first-order chi connectivity index (χ1) is 10.7. The highest BCUT2D eigenvalue weighted by Crippen LogP contribution is 2.48. The third-order valence-electron chi connectivity index (χ3n) is 4.46. The van der Waals surface area contributed by atoms with Gasteiger partial charge in [0.25, 0.3) is 0 Å². The van der Waals surface area contributed by atoms with Crippen molar-refractivity contribution in [2.45, 2.75) is 38.0 Å². The number of unbranched alkanes of at least 4 members (excludes halogenated alkanes) is 1. The normalized spacial score (nSPS) is 16.4. The lowest BCUT2D eigenvalue weighted by molar-refractivity contribution is 0.638. The van der Waals surface area contributed by atoms with Gasteiger partial charge in [-0.05, 0) is 55.7 Å². The van der Waals surface area contributed by atoms with E-state index in [4.69, 9.17) is 0 Å². The minimum atomic E-state index is 0.321. The van der Waals surface area contributed by atoms with E-state index in [0.717, 1.165) is 19.0 Å². The Kier molecular flexibility index (Phi) is 6.62. The maximum atomic E-state index is 4.34. The number of guanidine groups is 1. The van der Waals surface area contributed by atoms with Crippen molar-refractivity contribution < 1.29 is 0 Å². The molecule has 2 N–H and O–H groups in total. The van der Waals surface area contributed by atoms with Gasteiger partial charge < -0.3 is 10.6 Å². The summed E-state index contributed by atoms with van der Waals surface area (Å²) >= 11 is 1.91. The molecule has 0 saturated heterocycles. The van der Waals surface area contributed by atoms with Gasteiger partial charge in [0, 0.05) is 25.6 Å². The molecule has 1 aromatic carbocycles. The number of rotatable bonds is 8. The number of benzene rings is 1. The van der Waals surface area contributed by atoms with Crippen LogP contribution in [0.15, 0.2) is 29.3 Å². The van der Waals surface area contributed by atoms with Crippen molar-refractivity contribution in [1.29, 1.82) is 0 Å². The lowest BCUT2D eigenvalue weighted by Crippen LogP contribution is -2.41. The van der Waals surface area contributed by atoms with Gasteiger partial charge in [-0.3, -0.25) is 4.99 Å². The van der Waals surface area contributed by atoms with Crippen molar-refractivity contribution in [2.75, 3.05) is 32.1 Å². The van der Waals surface area contributed by atoms with Crippen LogP contribution in [-0.2, 0) is 5.41 Å². The molecule has 1 saturated carbocycles. The second-order valence-electron chi connectivity index (χ2n) is 6.15. The smallest absolute Gasteiger partial charge is 0.191 e. The highest BCUT2D eigenvalue weighted by molar-refractivity contribution is 7.98. The van der Waals surface area contributed by atoms with E-state index in [1.807, 2.05) is 18.8 Å². The monoisotopic (exact) mass is 319 g/mol. The Bertz CT molecular complexity index is 495. The molecule has 4 heteroatoms. The molecule has 122 valence electrons. The highest BCUT2D eigenvalue weighted by atomic mass is 32.2. The van der Waals surface area contributed by atoms with Gasteiger partial charge in [0.05, 0.1) is 0 Å². The number of nitrogens with zero attached hydrogens (tertiary/aromatic N) is 1. The first kappa shape index (κ1) is 17.2. The van der Waals surface area contributed by atoms with Crippen molar-refractivity contribution in [3.8, 4) is 0 Å². The zero-order chi connectivity index (χ0) is 15.8. The minimum Gasteiger partial charge on any atom is -0.356 e. The SMILES string of the molecule is CN=C(NCCCCSC)NCC1(c2ccccc2C)CC1. The molecular weight excluding hydrogens is 290 g/mol. The fourth-order valence-electron chi connectivity index (χ4n) is 2.91. The number of hydrogen-bond acceptors (Lipinski definition) is 2. The molecule has 0 amide bonds. The highest BCUT2D eigenvalue weighted by Gasteiger charge is 2.44. The number of thioether (sulfide) groups is 1. The molecule has 0 atom stereocenters. The average Bonchev–Trinajstić information content (AvgIpc) is 3.31. The molecule has 0 bridgehead atoms. The van der Waals surface area contributed by atoms with Crippen LogP contribution in [0, 0.1) is 6.92 Å². The summed E-state index contributed by atoms with van der Waals surface area (Å²) in [5, 5.41) is 6.95. The molecule has 2 rings (SSSR count). The van der Waals surface area contributed by atoms with E-state index in [2.05, 4.69) is 53.1 Å². The predicted molar refractivity (Wildman–Crippen MR) is 99.1 cm³/mol. The van der Waals surface area contributed by atoms with Gasteiger partial charge >= 0.3 is 0 Å². The molecule has 1 aromatic rings. The molecule has 0 aromatic heterocycles. The van der Waals surface area contributed by atoms with Crippen LogP contribution in [0.4, 0.5) is 0 Å². The van der Waals surface area contributed by atoms with Crippen LogP contribution in [-0.4, -0.2) is 38.1 Å². The van der Waals surface area contributed by atoms with Gasteiger partial charge in [0.15, 0.2) is 5.96 Å². The maximum Gasteiger partial charge on any atom is 0.191 e. The van der Waals surface area contributed by atoms with E-state index >= 15 is 0 Å². The molecule has 0 radical (unpaired) electrons. The van der Waals surface area contributed by atoms with Crippen molar-refractivity contribution in [2.24, 2.45) is 4.99 Å². The van der Waals surface area contributed by atoms with Crippen LogP contribution in [0.5, 0.6) is 0 Å². The maximum absolute atomic E-state index is 4.34. The molecule has 0 spiro atoms. The van der Waals surface area contributed by atoms with Gasteiger partial charge in [-0.15, -0.1) is 0 Å². The fourth-order valence-corrected chi connectivity index (χ4v) is 3.40. The third-order valence-corrected chi connectivity index (χ3v) is 5.15. The zero-order valence-electron chi connectivity index (χ0n) is 14.1. The van der Waals surface area contributed by atoms with Crippen molar-refractivity contribution in [3.63, 3.8) is 0 Å². The van der Waals surface area contributed by atoms with E-state index in [1.165, 1.54) is 42.6 Å². The van der Waals surface area contributed by atoms with Crippen LogP contribution in [0.2, 0.25) is 0 Å². The van der Waals surface area contributed by atoms with E-state index in [1.54, 1.807) is 0 Å². The number of hydrogen-bond donors (Lipinski definition) is 2. The Balaban J connectivity index is 1.80. The van der Waals surface area contributed by atoms with Gasteiger partial charge in [0.2, 0.25) is 0 Å². The third kappa shape index (κ3) is 4.67. The van der Waals surface area contributed by atoms with Crippen molar-refractivity contribution in [3.05, 3.63) is 35.4 Å². The Labute approximate surface area is 139 Å². The quantitative estimate of drug-likeness (QED) is 0.438. The van der Waals surface area contributed by atoms with Crippen LogP contribution >= 0.6 is 11.8 Å². The van der Waals surface area contributed by atoms with Crippen LogP contribution in [0.25, 0.3) is 0 Å². The molecule has 1 fully saturated rings. The molecule has 22 heavy (non-hydrogen) atoms. The number of nitrogens with one attached hydrogen (secondary N) is 2. The summed E-state index contributed by atoms with van der Waals surface area (Å²) in [6, 6.07) is 8.77. The minimum absolute atomic E-state index is 0.321. The zero-order valence-corrected chi connectivity index (χ0v) is 14.9. The van der Waals surface area contributed by atoms with Gasteiger partial charge in [0.1, 0.15) is 0 Å². The summed E-state index contributed by atoms with van der Waals surface area (Å²) in [4.78, 5) is 4.34.